The molecule has 3 N–H and O–H groups in total. The molecule has 1 atom stereocenters. The summed E-state index contributed by atoms with van der Waals surface area (Å²) in [4.78, 5) is 4.44. The Bertz CT molecular complexity index is 1500. The van der Waals surface area contributed by atoms with Crippen LogP contribution in [0.4, 0.5) is 11.4 Å². The first-order valence-corrected chi connectivity index (χ1v) is 11.7. The third kappa shape index (κ3) is 4.13. The van der Waals surface area contributed by atoms with Gasteiger partial charge in [0.25, 0.3) is 0 Å². The molecule has 3 heteroatoms. The molecular weight excluding hydrogens is 414 g/mol. The maximum atomic E-state index is 6.60. The number of allylic oxidation sites excluding steroid dienone is 8. The Morgan fingerprint density at radius 1 is 1.03 bits per heavy atom. The van der Waals surface area contributed by atoms with E-state index in [1.54, 1.807) is 0 Å². The van der Waals surface area contributed by atoms with Gasteiger partial charge in [0, 0.05) is 16.8 Å². The summed E-state index contributed by atoms with van der Waals surface area (Å²) in [6.45, 7) is 6.22. The van der Waals surface area contributed by atoms with E-state index in [4.69, 9.17) is 5.73 Å². The molecule has 2 aliphatic rings. The Kier molecular flexibility index (Phi) is 6.01. The molecular formula is C31H29N3. The SMILES string of the molecule is C=C/C(=C\C=C/C(Nc1c(N)c2c(c3ccccc13)=CN=2)c1ccccc1)C1=CC=C(C)CC1. The van der Waals surface area contributed by atoms with E-state index in [2.05, 4.69) is 103 Å². The zero-order chi connectivity index (χ0) is 23.5. The van der Waals surface area contributed by atoms with Gasteiger partial charge in [-0.3, -0.25) is 4.99 Å². The van der Waals surface area contributed by atoms with Gasteiger partial charge in [0.1, 0.15) is 0 Å². The lowest BCUT2D eigenvalue weighted by Gasteiger charge is -2.21. The van der Waals surface area contributed by atoms with Crippen molar-refractivity contribution in [3.05, 3.63) is 130 Å². The lowest BCUT2D eigenvalue weighted by atomic mass is 9.93. The quantitative estimate of drug-likeness (QED) is 0.256. The number of nitrogen functional groups attached to an aromatic ring is 1. The van der Waals surface area contributed by atoms with E-state index < -0.39 is 0 Å². The molecule has 1 unspecified atom stereocenters. The number of rotatable bonds is 7. The summed E-state index contributed by atoms with van der Waals surface area (Å²) in [7, 11) is 0. The first-order valence-electron chi connectivity index (χ1n) is 11.7. The fourth-order valence-electron chi connectivity index (χ4n) is 4.58. The zero-order valence-corrected chi connectivity index (χ0v) is 19.5. The third-order valence-corrected chi connectivity index (χ3v) is 6.58. The Morgan fingerprint density at radius 3 is 2.47 bits per heavy atom. The van der Waals surface area contributed by atoms with Crippen LogP contribution in [0.2, 0.25) is 0 Å². The van der Waals surface area contributed by atoms with Crippen molar-refractivity contribution in [3.8, 4) is 0 Å². The predicted octanol–water partition coefficient (Wildman–Crippen LogP) is 6.28. The van der Waals surface area contributed by atoms with Gasteiger partial charge in [-0.05, 0) is 41.9 Å². The Balaban J connectivity index is 1.53. The lowest BCUT2D eigenvalue weighted by molar-refractivity contribution is 0.918. The highest BCUT2D eigenvalue weighted by Gasteiger charge is 2.17. The third-order valence-electron chi connectivity index (χ3n) is 6.58. The predicted molar refractivity (Wildman–Crippen MR) is 145 cm³/mol. The molecule has 0 radical (unpaired) electrons. The molecule has 0 saturated heterocycles. The second-order valence-corrected chi connectivity index (χ2v) is 8.80. The van der Waals surface area contributed by atoms with Crippen LogP contribution in [0.1, 0.15) is 31.4 Å². The number of hydrogen-bond acceptors (Lipinski definition) is 3. The van der Waals surface area contributed by atoms with Crippen molar-refractivity contribution >= 4 is 28.3 Å². The van der Waals surface area contributed by atoms with Gasteiger partial charge in [-0.1, -0.05) is 103 Å². The van der Waals surface area contributed by atoms with Crippen LogP contribution in [0.25, 0.3) is 17.0 Å². The molecule has 0 saturated carbocycles. The second-order valence-electron chi connectivity index (χ2n) is 8.80. The molecule has 168 valence electrons. The number of benzene rings is 3. The molecule has 3 aromatic rings. The van der Waals surface area contributed by atoms with E-state index in [0.29, 0.717) is 5.69 Å². The topological polar surface area (TPSA) is 50.4 Å². The number of nitrogens with two attached hydrogens (primary N) is 1. The molecule has 0 fully saturated rings. The first-order chi connectivity index (χ1) is 16.7. The number of hydrogen-bond donors (Lipinski definition) is 2. The van der Waals surface area contributed by atoms with E-state index in [9.17, 15) is 0 Å². The second kappa shape index (κ2) is 9.40. The molecule has 0 amide bonds. The summed E-state index contributed by atoms with van der Waals surface area (Å²) in [6.07, 6.45) is 16.8. The van der Waals surface area contributed by atoms with Crippen LogP contribution in [-0.4, -0.2) is 0 Å². The van der Waals surface area contributed by atoms with E-state index in [1.165, 1.54) is 16.5 Å². The molecule has 1 aliphatic carbocycles. The minimum absolute atomic E-state index is 0.0567. The van der Waals surface area contributed by atoms with E-state index in [0.717, 1.165) is 45.6 Å². The lowest BCUT2D eigenvalue weighted by Crippen LogP contribution is -2.35. The van der Waals surface area contributed by atoms with Crippen molar-refractivity contribution < 1.29 is 0 Å². The highest BCUT2D eigenvalue weighted by atomic mass is 14.9. The standard InChI is InChI=1S/C31H29N3/c1-3-22(23-18-16-21(2)17-19-23)12-9-15-28(24-10-5-4-6-11-24)34-31-26-14-8-7-13-25(26)27-20-33-30(27)29(31)32/h3-16,18,20,28,34H,1,17,19,32H2,2H3/b15-9-,22-12+. The van der Waals surface area contributed by atoms with Gasteiger partial charge in [0.15, 0.2) is 0 Å². The summed E-state index contributed by atoms with van der Waals surface area (Å²) in [5.74, 6) is 0. The van der Waals surface area contributed by atoms with Crippen LogP contribution in [0.15, 0.2) is 119 Å². The molecule has 0 aromatic heterocycles. The number of anilines is 2. The van der Waals surface area contributed by atoms with Crippen LogP contribution < -0.4 is 21.6 Å². The highest BCUT2D eigenvalue weighted by Crippen LogP contribution is 2.31. The fraction of sp³-hybridized carbons (Fsp3) is 0.129. The molecule has 0 spiro atoms. The van der Waals surface area contributed by atoms with Crippen molar-refractivity contribution in [2.75, 3.05) is 11.1 Å². The van der Waals surface area contributed by atoms with Crippen LogP contribution >= 0.6 is 0 Å². The van der Waals surface area contributed by atoms with Gasteiger partial charge in [-0.2, -0.15) is 0 Å². The van der Waals surface area contributed by atoms with Gasteiger partial charge in [0.05, 0.1) is 22.8 Å². The van der Waals surface area contributed by atoms with E-state index in [1.807, 2.05) is 18.3 Å². The van der Waals surface area contributed by atoms with Crippen molar-refractivity contribution in [3.63, 3.8) is 0 Å². The van der Waals surface area contributed by atoms with E-state index >= 15 is 0 Å². The maximum Gasteiger partial charge on any atom is 0.0974 e. The monoisotopic (exact) mass is 443 g/mol. The summed E-state index contributed by atoms with van der Waals surface area (Å²) in [5.41, 5.74) is 13.3. The first kappa shape index (κ1) is 21.7. The Labute approximate surface area is 200 Å². The average molecular weight is 444 g/mol. The molecule has 3 nitrogen and oxygen atoms in total. The normalized spacial score (nSPS) is 16.0. The number of nitrogens with zero attached hydrogens (tertiary/aromatic N) is 1. The van der Waals surface area contributed by atoms with Gasteiger partial charge >= 0.3 is 0 Å². The van der Waals surface area contributed by atoms with Crippen LogP contribution in [0.5, 0.6) is 0 Å². The van der Waals surface area contributed by atoms with Crippen LogP contribution in [-0.2, 0) is 0 Å². The summed E-state index contributed by atoms with van der Waals surface area (Å²) >= 11 is 0. The molecule has 5 rings (SSSR count). The van der Waals surface area contributed by atoms with Crippen molar-refractivity contribution in [2.24, 2.45) is 4.99 Å². The van der Waals surface area contributed by atoms with Gasteiger partial charge < -0.3 is 11.1 Å². The highest BCUT2D eigenvalue weighted by molar-refractivity contribution is 6.00. The zero-order valence-electron chi connectivity index (χ0n) is 19.5. The molecule has 34 heavy (non-hydrogen) atoms. The summed E-state index contributed by atoms with van der Waals surface area (Å²) < 4.78 is 0. The van der Waals surface area contributed by atoms with Crippen molar-refractivity contribution in [2.45, 2.75) is 25.8 Å². The van der Waals surface area contributed by atoms with Gasteiger partial charge in [-0.25, -0.2) is 0 Å². The molecule has 0 bridgehead atoms. The van der Waals surface area contributed by atoms with Gasteiger partial charge in [-0.15, -0.1) is 0 Å². The largest absolute Gasteiger partial charge is 0.395 e. The van der Waals surface area contributed by atoms with E-state index in [-0.39, 0.29) is 6.04 Å². The van der Waals surface area contributed by atoms with Crippen LogP contribution in [0.3, 0.4) is 0 Å². The molecule has 1 heterocycles. The van der Waals surface area contributed by atoms with Crippen LogP contribution in [0, 0.1) is 0 Å². The minimum Gasteiger partial charge on any atom is -0.395 e. The Hall–Kier alpha value is -4.11. The number of fused-ring (bicyclic) bond motifs is 3. The summed E-state index contributed by atoms with van der Waals surface area (Å²) in [5, 5.41) is 7.99. The molecule has 3 aromatic carbocycles. The number of nitrogens with one attached hydrogen (secondary N) is 1. The Morgan fingerprint density at radius 2 is 1.79 bits per heavy atom. The fourth-order valence-corrected chi connectivity index (χ4v) is 4.58. The molecule has 1 aliphatic heterocycles. The smallest absolute Gasteiger partial charge is 0.0974 e. The van der Waals surface area contributed by atoms with Crippen molar-refractivity contribution in [1.29, 1.82) is 0 Å². The maximum absolute atomic E-state index is 6.60. The van der Waals surface area contributed by atoms with Gasteiger partial charge in [0.2, 0.25) is 0 Å². The minimum atomic E-state index is -0.0567. The van der Waals surface area contributed by atoms with Crippen molar-refractivity contribution in [1.82, 2.24) is 0 Å². The average Bonchev–Trinajstić information content (AvgIpc) is 2.84. The summed E-state index contributed by atoms with van der Waals surface area (Å²) in [6, 6.07) is 18.7.